The monoisotopic (exact) mass is 304 g/mol. The average Bonchev–Trinajstić information content (AvgIpc) is 3.40. The first-order valence-electron chi connectivity index (χ1n) is 8.14. The lowest BCUT2D eigenvalue weighted by Gasteiger charge is -2.16. The third-order valence-electron chi connectivity index (χ3n) is 4.17. The van der Waals surface area contributed by atoms with Crippen LogP contribution in [-0.4, -0.2) is 16.0 Å². The Labute approximate surface area is 136 Å². The summed E-state index contributed by atoms with van der Waals surface area (Å²) in [7, 11) is 0. The number of para-hydroxylation sites is 1. The lowest BCUT2D eigenvalue weighted by atomic mass is 10.1. The molecule has 0 amide bonds. The molecule has 4 nitrogen and oxygen atoms in total. The van der Waals surface area contributed by atoms with E-state index >= 15 is 0 Å². The minimum absolute atomic E-state index is 0.158. The summed E-state index contributed by atoms with van der Waals surface area (Å²) in [4.78, 5) is 9.38. The van der Waals surface area contributed by atoms with E-state index in [-0.39, 0.29) is 6.04 Å². The molecule has 1 aliphatic rings. The van der Waals surface area contributed by atoms with Crippen molar-refractivity contribution in [2.75, 3.05) is 10.6 Å². The molecule has 1 saturated carbocycles. The van der Waals surface area contributed by atoms with Crippen molar-refractivity contribution in [2.24, 2.45) is 0 Å². The van der Waals surface area contributed by atoms with Gasteiger partial charge in [-0.15, -0.1) is 0 Å². The van der Waals surface area contributed by atoms with Gasteiger partial charge in [0.25, 0.3) is 0 Å². The molecule has 1 fully saturated rings. The third kappa shape index (κ3) is 3.11. The van der Waals surface area contributed by atoms with Crippen LogP contribution in [0.25, 0.3) is 10.9 Å². The van der Waals surface area contributed by atoms with Crippen LogP contribution in [0.15, 0.2) is 54.6 Å². The van der Waals surface area contributed by atoms with E-state index in [1.54, 1.807) is 0 Å². The number of nitrogens with one attached hydrogen (secondary N) is 2. The Balaban J connectivity index is 1.66. The maximum atomic E-state index is 4.71. The molecule has 0 aliphatic heterocycles. The first-order chi connectivity index (χ1) is 11.3. The standard InChI is InChI=1S/C19H20N4/c1-13(14-7-3-2-4-8-14)20-19-22-17-10-6-5-9-16(17)18(23-19)21-15-11-12-15/h2-10,13,15H,11-12H2,1H3,(H2,20,21,22,23). The molecule has 0 bridgehead atoms. The number of fused-ring (bicyclic) bond motifs is 1. The molecule has 1 unspecified atom stereocenters. The summed E-state index contributed by atoms with van der Waals surface area (Å²) in [5, 5.41) is 8.02. The maximum Gasteiger partial charge on any atom is 0.225 e. The SMILES string of the molecule is CC(Nc1nc(NC2CC2)c2ccccc2n1)c1ccccc1. The van der Waals surface area contributed by atoms with Gasteiger partial charge in [-0.05, 0) is 37.5 Å². The second-order valence-electron chi connectivity index (χ2n) is 6.11. The molecule has 116 valence electrons. The second-order valence-corrected chi connectivity index (χ2v) is 6.11. The van der Waals surface area contributed by atoms with Crippen LogP contribution in [0.1, 0.15) is 31.4 Å². The van der Waals surface area contributed by atoms with E-state index in [4.69, 9.17) is 4.98 Å². The van der Waals surface area contributed by atoms with Crippen molar-refractivity contribution in [3.8, 4) is 0 Å². The number of benzene rings is 2. The summed E-state index contributed by atoms with van der Waals surface area (Å²) in [6.07, 6.45) is 2.45. The predicted molar refractivity (Wildman–Crippen MR) is 94.7 cm³/mol. The molecule has 0 spiro atoms. The summed E-state index contributed by atoms with van der Waals surface area (Å²) in [5.41, 5.74) is 2.19. The number of nitrogens with zero attached hydrogens (tertiary/aromatic N) is 2. The number of hydrogen-bond donors (Lipinski definition) is 2. The van der Waals surface area contributed by atoms with E-state index in [0.717, 1.165) is 16.7 Å². The molecule has 1 aliphatic carbocycles. The van der Waals surface area contributed by atoms with Gasteiger partial charge in [-0.1, -0.05) is 42.5 Å². The van der Waals surface area contributed by atoms with Crippen LogP contribution in [0.2, 0.25) is 0 Å². The van der Waals surface area contributed by atoms with E-state index in [0.29, 0.717) is 12.0 Å². The summed E-state index contributed by atoms with van der Waals surface area (Å²) in [6.45, 7) is 2.13. The maximum absolute atomic E-state index is 4.71. The van der Waals surface area contributed by atoms with Crippen molar-refractivity contribution in [2.45, 2.75) is 31.8 Å². The molecule has 1 aromatic heterocycles. The molecule has 4 heteroatoms. The van der Waals surface area contributed by atoms with E-state index in [1.165, 1.54) is 18.4 Å². The second kappa shape index (κ2) is 5.88. The van der Waals surface area contributed by atoms with Crippen molar-refractivity contribution in [1.29, 1.82) is 0 Å². The Morgan fingerprint density at radius 1 is 0.957 bits per heavy atom. The minimum atomic E-state index is 0.158. The van der Waals surface area contributed by atoms with E-state index in [1.807, 2.05) is 24.3 Å². The zero-order chi connectivity index (χ0) is 15.6. The van der Waals surface area contributed by atoms with Crippen LogP contribution in [0, 0.1) is 0 Å². The molecule has 1 atom stereocenters. The van der Waals surface area contributed by atoms with Gasteiger partial charge in [0, 0.05) is 11.4 Å². The largest absolute Gasteiger partial charge is 0.367 e. The van der Waals surface area contributed by atoms with Gasteiger partial charge < -0.3 is 10.6 Å². The fraction of sp³-hybridized carbons (Fsp3) is 0.263. The molecule has 2 aromatic carbocycles. The van der Waals surface area contributed by atoms with Crippen LogP contribution in [0.5, 0.6) is 0 Å². The molecule has 1 heterocycles. The van der Waals surface area contributed by atoms with Crippen molar-refractivity contribution in [3.05, 3.63) is 60.2 Å². The number of aromatic nitrogens is 2. The number of anilines is 2. The van der Waals surface area contributed by atoms with Gasteiger partial charge in [0.2, 0.25) is 5.95 Å². The number of hydrogen-bond acceptors (Lipinski definition) is 4. The highest BCUT2D eigenvalue weighted by Gasteiger charge is 2.23. The summed E-state index contributed by atoms with van der Waals surface area (Å²) in [5.74, 6) is 1.60. The zero-order valence-electron chi connectivity index (χ0n) is 13.2. The van der Waals surface area contributed by atoms with Crippen molar-refractivity contribution >= 4 is 22.7 Å². The van der Waals surface area contributed by atoms with Gasteiger partial charge in [-0.2, -0.15) is 4.98 Å². The van der Waals surface area contributed by atoms with Crippen LogP contribution >= 0.6 is 0 Å². The topological polar surface area (TPSA) is 49.8 Å². The molecule has 0 saturated heterocycles. The Morgan fingerprint density at radius 2 is 1.70 bits per heavy atom. The van der Waals surface area contributed by atoms with Crippen LogP contribution in [0.3, 0.4) is 0 Å². The average molecular weight is 304 g/mol. The number of rotatable bonds is 5. The Hall–Kier alpha value is -2.62. The smallest absolute Gasteiger partial charge is 0.225 e. The molecule has 2 N–H and O–H groups in total. The summed E-state index contributed by atoms with van der Waals surface area (Å²) in [6, 6.07) is 19.2. The van der Waals surface area contributed by atoms with Gasteiger partial charge in [0.1, 0.15) is 5.82 Å². The molecular formula is C19H20N4. The normalized spacial score (nSPS) is 15.3. The Morgan fingerprint density at radius 3 is 2.48 bits per heavy atom. The Bertz CT molecular complexity index is 812. The van der Waals surface area contributed by atoms with Crippen molar-refractivity contribution in [1.82, 2.24) is 9.97 Å². The summed E-state index contributed by atoms with van der Waals surface area (Å²) >= 11 is 0. The highest BCUT2D eigenvalue weighted by molar-refractivity contribution is 5.90. The highest BCUT2D eigenvalue weighted by Crippen LogP contribution is 2.29. The first kappa shape index (κ1) is 14.0. The molecule has 4 rings (SSSR count). The van der Waals surface area contributed by atoms with Gasteiger partial charge in [0.15, 0.2) is 0 Å². The van der Waals surface area contributed by atoms with Crippen LogP contribution in [-0.2, 0) is 0 Å². The summed E-state index contributed by atoms with van der Waals surface area (Å²) < 4.78 is 0. The van der Waals surface area contributed by atoms with E-state index in [9.17, 15) is 0 Å². The fourth-order valence-corrected chi connectivity index (χ4v) is 2.69. The molecule has 3 aromatic rings. The molecule has 23 heavy (non-hydrogen) atoms. The van der Waals surface area contributed by atoms with Crippen LogP contribution < -0.4 is 10.6 Å². The van der Waals surface area contributed by atoms with Gasteiger partial charge in [0.05, 0.1) is 11.6 Å². The van der Waals surface area contributed by atoms with Gasteiger partial charge >= 0.3 is 0 Å². The zero-order valence-corrected chi connectivity index (χ0v) is 13.2. The van der Waals surface area contributed by atoms with Crippen LogP contribution in [0.4, 0.5) is 11.8 Å². The predicted octanol–water partition coefficient (Wildman–Crippen LogP) is 4.38. The van der Waals surface area contributed by atoms with E-state index < -0.39 is 0 Å². The van der Waals surface area contributed by atoms with E-state index in [2.05, 4.69) is 52.9 Å². The molecule has 0 radical (unpaired) electrons. The lowest BCUT2D eigenvalue weighted by molar-refractivity contribution is 0.863. The molecular weight excluding hydrogens is 284 g/mol. The fourth-order valence-electron chi connectivity index (χ4n) is 2.69. The minimum Gasteiger partial charge on any atom is -0.367 e. The van der Waals surface area contributed by atoms with Crippen molar-refractivity contribution in [3.63, 3.8) is 0 Å². The van der Waals surface area contributed by atoms with Gasteiger partial charge in [-0.3, -0.25) is 0 Å². The van der Waals surface area contributed by atoms with Crippen molar-refractivity contribution < 1.29 is 0 Å². The third-order valence-corrected chi connectivity index (χ3v) is 4.17. The highest BCUT2D eigenvalue weighted by atomic mass is 15.2. The Kier molecular flexibility index (Phi) is 3.58. The van der Waals surface area contributed by atoms with Gasteiger partial charge in [-0.25, -0.2) is 4.98 Å². The lowest BCUT2D eigenvalue weighted by Crippen LogP contribution is -2.12. The first-order valence-corrected chi connectivity index (χ1v) is 8.14. The quantitative estimate of drug-likeness (QED) is 0.734.